The Bertz CT molecular complexity index is 2220. The lowest BCUT2D eigenvalue weighted by atomic mass is 10.2. The predicted octanol–water partition coefficient (Wildman–Crippen LogP) is 6.99. The molecule has 0 atom stereocenters. The van der Waals surface area contributed by atoms with Crippen LogP contribution in [0.1, 0.15) is 0 Å². The summed E-state index contributed by atoms with van der Waals surface area (Å²) in [5.41, 5.74) is 6.75. The molecule has 10 nitrogen and oxygen atoms in total. The summed E-state index contributed by atoms with van der Waals surface area (Å²) < 4.78 is 99.6. The molecule has 6 rings (SSSR count). The zero-order chi connectivity index (χ0) is 33.1. The number of nitrogen functional groups attached to an aromatic ring is 1. The van der Waals surface area contributed by atoms with Crippen molar-refractivity contribution in [3.8, 4) is 0 Å². The molecule has 236 valence electrons. The summed E-state index contributed by atoms with van der Waals surface area (Å²) in [6.45, 7) is 0. The average Bonchev–Trinajstić information content (AvgIpc) is 3.51. The molecular formula is C26H17Cl3F4N6O4S2. The summed E-state index contributed by atoms with van der Waals surface area (Å²) in [6, 6.07) is 9.29. The first-order valence-electron chi connectivity index (χ1n) is 11.9. The Hall–Kier alpha value is -4.09. The molecule has 0 saturated heterocycles. The second kappa shape index (κ2) is 13.5. The number of aromatic amines is 2. The molecule has 4 heterocycles. The van der Waals surface area contributed by atoms with Crippen molar-refractivity contribution in [1.82, 2.24) is 19.9 Å². The molecule has 0 unspecified atom stereocenters. The minimum atomic E-state index is -3.97. The normalized spacial score (nSPS) is 11.4. The maximum atomic E-state index is 13.3. The van der Waals surface area contributed by atoms with Crippen LogP contribution < -0.4 is 10.5 Å². The fourth-order valence-corrected chi connectivity index (χ4v) is 5.47. The predicted molar refractivity (Wildman–Crippen MR) is 163 cm³/mol. The van der Waals surface area contributed by atoms with E-state index in [1.165, 1.54) is 49.1 Å². The topological polar surface area (TPSA) is 164 Å². The molecule has 2 aromatic carbocycles. The van der Waals surface area contributed by atoms with Crippen LogP contribution in [0, 0.1) is 23.3 Å². The van der Waals surface area contributed by atoms with Gasteiger partial charge in [0.05, 0.1) is 32.5 Å². The average molecular weight is 724 g/mol. The highest BCUT2D eigenvalue weighted by Crippen LogP contribution is 2.27. The molecule has 6 aromatic rings. The smallest absolute Gasteiger partial charge is 0.279 e. The highest BCUT2D eigenvalue weighted by Gasteiger charge is 2.19. The molecule has 0 bridgehead atoms. The van der Waals surface area contributed by atoms with E-state index in [1.54, 1.807) is 0 Å². The molecule has 45 heavy (non-hydrogen) atoms. The van der Waals surface area contributed by atoms with E-state index in [1.807, 2.05) is 0 Å². The maximum Gasteiger partial charge on any atom is 0.279 e. The van der Waals surface area contributed by atoms with Crippen LogP contribution in [0.5, 0.6) is 0 Å². The number of rotatable bonds is 4. The molecule has 4 aromatic heterocycles. The molecule has 0 amide bonds. The molecule has 0 aliphatic carbocycles. The molecule has 0 saturated carbocycles. The molecule has 0 spiro atoms. The molecule has 0 aliphatic heterocycles. The number of halogens is 7. The van der Waals surface area contributed by atoms with E-state index in [-0.39, 0.29) is 26.6 Å². The van der Waals surface area contributed by atoms with Gasteiger partial charge < -0.3 is 15.7 Å². The van der Waals surface area contributed by atoms with E-state index in [4.69, 9.17) is 39.6 Å². The summed E-state index contributed by atoms with van der Waals surface area (Å²) in [6.07, 6.45) is 5.22. The number of anilines is 2. The zero-order valence-corrected chi connectivity index (χ0v) is 25.9. The highest BCUT2D eigenvalue weighted by atomic mass is 35.7. The number of nitrogens with two attached hydrogens (primary N) is 1. The van der Waals surface area contributed by atoms with Crippen LogP contribution in [0.3, 0.4) is 0 Å². The second-order valence-corrected chi connectivity index (χ2v) is 13.8. The SMILES string of the molecule is Nc1c[nH]c2cc(F)c(F)cc12.O=S(=O)(Cl)c1ccc(Cl)cn1.O=S(=O)(Nc1c[nH]c2cc(F)c(F)cc12)c1ccc(Cl)cn1. The molecule has 19 heteroatoms. The van der Waals surface area contributed by atoms with E-state index in [9.17, 15) is 34.4 Å². The van der Waals surface area contributed by atoms with Crippen molar-refractivity contribution in [2.24, 2.45) is 0 Å². The van der Waals surface area contributed by atoms with Crippen molar-refractivity contribution >= 4 is 86.1 Å². The van der Waals surface area contributed by atoms with Gasteiger partial charge in [-0.15, -0.1) is 0 Å². The number of aromatic nitrogens is 4. The fraction of sp³-hybridized carbons (Fsp3) is 0. The van der Waals surface area contributed by atoms with Gasteiger partial charge in [0.25, 0.3) is 19.1 Å². The van der Waals surface area contributed by atoms with Crippen LogP contribution in [0.15, 0.2) is 83.4 Å². The van der Waals surface area contributed by atoms with Crippen molar-refractivity contribution < 1.29 is 34.4 Å². The van der Waals surface area contributed by atoms with Gasteiger partial charge in [0.15, 0.2) is 33.3 Å². The van der Waals surface area contributed by atoms with E-state index in [0.29, 0.717) is 26.6 Å². The number of hydrogen-bond acceptors (Lipinski definition) is 7. The molecule has 0 radical (unpaired) electrons. The number of nitrogens with one attached hydrogen (secondary N) is 3. The lowest BCUT2D eigenvalue weighted by Gasteiger charge is -2.06. The van der Waals surface area contributed by atoms with Gasteiger partial charge in [0.1, 0.15) is 0 Å². The third-order valence-corrected chi connectivity index (χ3v) is 8.59. The van der Waals surface area contributed by atoms with E-state index < -0.39 is 42.3 Å². The standard InChI is InChI=1S/C13H8ClF2N3O2S.C8H6F2N2.C5H3Cl2NO2S/c14-7-1-2-13(18-5-7)22(20,21)19-12-6-17-11-4-10(16)9(15)3-8(11)12;9-5-1-4-7(11)3-12-8(4)2-6(5)10;6-4-1-2-5(8-3-4)11(7,9)10/h1-6,17,19H;1-3,12H,11H2;1-3H. The maximum absolute atomic E-state index is 13.3. The summed E-state index contributed by atoms with van der Waals surface area (Å²) in [5, 5.41) is 0.945. The van der Waals surface area contributed by atoms with Crippen LogP contribution in [-0.2, 0) is 19.1 Å². The monoisotopic (exact) mass is 722 g/mol. The number of nitrogens with zero attached hydrogens (tertiary/aromatic N) is 2. The van der Waals surface area contributed by atoms with Crippen LogP contribution in [0.25, 0.3) is 21.8 Å². The van der Waals surface area contributed by atoms with Crippen molar-refractivity contribution in [2.45, 2.75) is 10.1 Å². The van der Waals surface area contributed by atoms with Crippen molar-refractivity contribution in [2.75, 3.05) is 10.5 Å². The number of H-pyrrole nitrogens is 2. The largest absolute Gasteiger partial charge is 0.397 e. The lowest BCUT2D eigenvalue weighted by Crippen LogP contribution is -2.14. The van der Waals surface area contributed by atoms with E-state index in [2.05, 4.69) is 24.7 Å². The Morgan fingerprint density at radius 3 is 1.67 bits per heavy atom. The quantitative estimate of drug-likeness (QED) is 0.113. The second-order valence-electron chi connectivity index (χ2n) is 8.74. The van der Waals surface area contributed by atoms with E-state index in [0.717, 1.165) is 24.3 Å². The van der Waals surface area contributed by atoms with Gasteiger partial charge in [0.2, 0.25) is 0 Å². The van der Waals surface area contributed by atoms with Gasteiger partial charge in [0, 0.05) is 58.4 Å². The summed E-state index contributed by atoms with van der Waals surface area (Å²) in [7, 11) is -2.71. The van der Waals surface area contributed by atoms with Crippen LogP contribution in [0.2, 0.25) is 10.0 Å². The molecule has 0 fully saturated rings. The number of fused-ring (bicyclic) bond motifs is 2. The fourth-order valence-electron chi connectivity index (χ4n) is 3.56. The van der Waals surface area contributed by atoms with Crippen molar-refractivity contribution in [3.05, 3.63) is 107 Å². The third kappa shape index (κ3) is 8.34. The summed E-state index contributed by atoms with van der Waals surface area (Å²) >= 11 is 11.1. The molecule has 0 aliphatic rings. The Kier molecular flexibility index (Phi) is 10.1. The Morgan fingerprint density at radius 2 is 1.16 bits per heavy atom. The van der Waals surface area contributed by atoms with Crippen molar-refractivity contribution in [1.29, 1.82) is 0 Å². The zero-order valence-electron chi connectivity index (χ0n) is 22.0. The highest BCUT2D eigenvalue weighted by molar-refractivity contribution is 8.13. The van der Waals surface area contributed by atoms with E-state index >= 15 is 0 Å². The van der Waals surface area contributed by atoms with Gasteiger partial charge in [-0.2, -0.15) is 8.42 Å². The molecule has 5 N–H and O–H groups in total. The van der Waals surface area contributed by atoms with Crippen LogP contribution in [-0.4, -0.2) is 36.8 Å². The summed E-state index contributed by atoms with van der Waals surface area (Å²) in [5.74, 6) is -3.85. The van der Waals surface area contributed by atoms with Gasteiger partial charge in [-0.1, -0.05) is 23.2 Å². The van der Waals surface area contributed by atoms with Gasteiger partial charge in [-0.3, -0.25) is 4.72 Å². The molecular weight excluding hydrogens is 707 g/mol. The first-order valence-corrected chi connectivity index (χ1v) is 16.5. The number of benzene rings is 2. The number of hydrogen-bond donors (Lipinski definition) is 4. The third-order valence-electron chi connectivity index (χ3n) is 5.65. The first-order chi connectivity index (χ1) is 21.0. The van der Waals surface area contributed by atoms with Gasteiger partial charge in [-0.25, -0.2) is 35.9 Å². The summed E-state index contributed by atoms with van der Waals surface area (Å²) in [4.78, 5) is 12.6. The minimum Gasteiger partial charge on any atom is -0.397 e. The number of pyridine rings is 2. The van der Waals surface area contributed by atoms with Crippen LogP contribution >= 0.6 is 33.9 Å². The van der Waals surface area contributed by atoms with Gasteiger partial charge in [-0.05, 0) is 36.4 Å². The Labute approximate surface area is 266 Å². The Morgan fingerprint density at radius 1 is 0.689 bits per heavy atom. The van der Waals surface area contributed by atoms with Crippen molar-refractivity contribution in [3.63, 3.8) is 0 Å². The number of sulfonamides is 1. The minimum absolute atomic E-state index is 0.0886. The first kappa shape index (κ1) is 33.8. The van der Waals surface area contributed by atoms with Crippen LogP contribution in [0.4, 0.5) is 28.9 Å². The Balaban J connectivity index is 0.000000169. The lowest BCUT2D eigenvalue weighted by molar-refractivity contribution is 0.511. The van der Waals surface area contributed by atoms with Gasteiger partial charge >= 0.3 is 0 Å².